The molecule has 1 aliphatic rings. The molecule has 1 aliphatic carbocycles. The summed E-state index contributed by atoms with van der Waals surface area (Å²) in [5, 5.41) is 0. The van der Waals surface area contributed by atoms with Gasteiger partial charge in [-0.25, -0.2) is 0 Å². The molecule has 0 spiro atoms. The van der Waals surface area contributed by atoms with Crippen molar-refractivity contribution in [3.63, 3.8) is 0 Å². The highest BCUT2D eigenvalue weighted by Crippen LogP contribution is 2.23. The van der Waals surface area contributed by atoms with E-state index in [2.05, 4.69) is 13.0 Å². The van der Waals surface area contributed by atoms with Gasteiger partial charge >= 0.3 is 0 Å². The monoisotopic (exact) mass is 290 g/mol. The van der Waals surface area contributed by atoms with Crippen molar-refractivity contribution < 1.29 is 14.3 Å². The SMILES string of the molecule is COC1CCCC(OCC(=O)c2cc(C)c(C)cc2C)C1. The fraction of sp³-hybridized carbons (Fsp3) is 0.611. The first kappa shape index (κ1) is 16.2. The summed E-state index contributed by atoms with van der Waals surface area (Å²) in [7, 11) is 1.75. The Balaban J connectivity index is 1.94. The average Bonchev–Trinajstić information content (AvgIpc) is 2.48. The van der Waals surface area contributed by atoms with Gasteiger partial charge in [-0.15, -0.1) is 0 Å². The van der Waals surface area contributed by atoms with E-state index >= 15 is 0 Å². The molecule has 1 aromatic rings. The van der Waals surface area contributed by atoms with Crippen LogP contribution >= 0.6 is 0 Å². The highest BCUT2D eigenvalue weighted by Gasteiger charge is 2.23. The smallest absolute Gasteiger partial charge is 0.188 e. The molecule has 0 aromatic heterocycles. The van der Waals surface area contributed by atoms with Gasteiger partial charge in [0.25, 0.3) is 0 Å². The molecular formula is C18H26O3. The first-order chi connectivity index (χ1) is 10.0. The second kappa shape index (κ2) is 7.19. The Morgan fingerprint density at radius 2 is 1.76 bits per heavy atom. The van der Waals surface area contributed by atoms with Gasteiger partial charge in [0.05, 0.1) is 12.2 Å². The molecule has 0 saturated heterocycles. The van der Waals surface area contributed by atoms with Gasteiger partial charge in [0.2, 0.25) is 0 Å². The van der Waals surface area contributed by atoms with Crippen molar-refractivity contribution in [2.24, 2.45) is 0 Å². The van der Waals surface area contributed by atoms with E-state index < -0.39 is 0 Å². The van der Waals surface area contributed by atoms with Gasteiger partial charge in [0, 0.05) is 12.7 Å². The van der Waals surface area contributed by atoms with Gasteiger partial charge in [-0.05, 0) is 69.2 Å². The lowest BCUT2D eigenvalue weighted by molar-refractivity contribution is -0.0243. The van der Waals surface area contributed by atoms with E-state index in [9.17, 15) is 4.79 Å². The molecule has 1 fully saturated rings. The summed E-state index contributed by atoms with van der Waals surface area (Å²) in [6.45, 7) is 6.27. The number of benzene rings is 1. The minimum atomic E-state index is 0.0788. The second-order valence-corrected chi connectivity index (χ2v) is 6.13. The molecule has 0 N–H and O–H groups in total. The van der Waals surface area contributed by atoms with Crippen molar-refractivity contribution in [2.75, 3.05) is 13.7 Å². The van der Waals surface area contributed by atoms with Crippen LogP contribution in [0.25, 0.3) is 0 Å². The van der Waals surface area contributed by atoms with Crippen LogP contribution in [0.4, 0.5) is 0 Å². The number of hydrogen-bond donors (Lipinski definition) is 0. The lowest BCUT2D eigenvalue weighted by Crippen LogP contribution is -2.29. The number of carbonyl (C=O) groups excluding carboxylic acids is 1. The number of carbonyl (C=O) groups is 1. The number of ether oxygens (including phenoxy) is 2. The van der Waals surface area contributed by atoms with E-state index in [-0.39, 0.29) is 24.6 Å². The van der Waals surface area contributed by atoms with E-state index in [4.69, 9.17) is 9.47 Å². The Labute approximate surface area is 127 Å². The molecule has 2 atom stereocenters. The molecule has 2 rings (SSSR count). The quantitative estimate of drug-likeness (QED) is 0.774. The molecule has 3 nitrogen and oxygen atoms in total. The van der Waals surface area contributed by atoms with Crippen LogP contribution in [0.15, 0.2) is 12.1 Å². The van der Waals surface area contributed by atoms with Gasteiger partial charge in [-0.2, -0.15) is 0 Å². The first-order valence-electron chi connectivity index (χ1n) is 7.76. The fourth-order valence-electron chi connectivity index (χ4n) is 3.00. The van der Waals surface area contributed by atoms with Crippen molar-refractivity contribution in [2.45, 2.75) is 58.7 Å². The zero-order chi connectivity index (χ0) is 15.4. The summed E-state index contributed by atoms with van der Waals surface area (Å²) in [6, 6.07) is 4.05. The predicted molar refractivity (Wildman–Crippen MR) is 84.0 cm³/mol. The molecule has 0 heterocycles. The van der Waals surface area contributed by atoms with Gasteiger partial charge < -0.3 is 9.47 Å². The molecule has 0 radical (unpaired) electrons. The summed E-state index contributed by atoms with van der Waals surface area (Å²) >= 11 is 0. The predicted octanol–water partition coefficient (Wildman–Crippen LogP) is 3.77. The Kier molecular flexibility index (Phi) is 5.54. The standard InChI is InChI=1S/C18H26O3/c1-12-8-14(3)17(9-13(12)2)18(19)11-21-16-7-5-6-15(10-16)20-4/h8-9,15-16H,5-7,10-11H2,1-4H3. The molecule has 0 bridgehead atoms. The van der Waals surface area contributed by atoms with Gasteiger partial charge in [0.1, 0.15) is 6.61 Å². The van der Waals surface area contributed by atoms with Crippen molar-refractivity contribution in [3.8, 4) is 0 Å². The van der Waals surface area contributed by atoms with Crippen LogP contribution in [0, 0.1) is 20.8 Å². The van der Waals surface area contributed by atoms with E-state index in [1.54, 1.807) is 7.11 Å². The zero-order valence-electron chi connectivity index (χ0n) is 13.6. The highest BCUT2D eigenvalue weighted by molar-refractivity contribution is 5.98. The summed E-state index contributed by atoms with van der Waals surface area (Å²) in [5.74, 6) is 0.0788. The van der Waals surface area contributed by atoms with Crippen LogP contribution in [-0.4, -0.2) is 31.7 Å². The van der Waals surface area contributed by atoms with E-state index in [1.807, 2.05) is 19.9 Å². The van der Waals surface area contributed by atoms with E-state index in [0.717, 1.165) is 42.4 Å². The van der Waals surface area contributed by atoms with Crippen LogP contribution < -0.4 is 0 Å². The van der Waals surface area contributed by atoms with Crippen molar-refractivity contribution in [1.82, 2.24) is 0 Å². The van der Waals surface area contributed by atoms with Gasteiger partial charge in [-0.3, -0.25) is 4.79 Å². The Bertz CT molecular complexity index is 507. The second-order valence-electron chi connectivity index (χ2n) is 6.13. The number of rotatable bonds is 5. The molecule has 1 saturated carbocycles. The summed E-state index contributed by atoms with van der Waals surface area (Å²) < 4.78 is 11.2. The number of ketones is 1. The van der Waals surface area contributed by atoms with Crippen molar-refractivity contribution in [3.05, 3.63) is 34.4 Å². The average molecular weight is 290 g/mol. The van der Waals surface area contributed by atoms with E-state index in [1.165, 1.54) is 5.56 Å². The minimum absolute atomic E-state index is 0.0788. The van der Waals surface area contributed by atoms with E-state index in [0.29, 0.717) is 0 Å². The molecule has 3 heteroatoms. The minimum Gasteiger partial charge on any atom is -0.381 e. The van der Waals surface area contributed by atoms with Crippen LogP contribution in [0.2, 0.25) is 0 Å². The largest absolute Gasteiger partial charge is 0.381 e. The van der Waals surface area contributed by atoms with Crippen LogP contribution in [0.3, 0.4) is 0 Å². The third-order valence-electron chi connectivity index (χ3n) is 4.50. The van der Waals surface area contributed by atoms with Crippen LogP contribution in [-0.2, 0) is 9.47 Å². The molecule has 2 unspecified atom stereocenters. The van der Waals surface area contributed by atoms with Crippen LogP contribution in [0.5, 0.6) is 0 Å². The molecular weight excluding hydrogens is 264 g/mol. The van der Waals surface area contributed by atoms with Gasteiger partial charge in [0.15, 0.2) is 5.78 Å². The van der Waals surface area contributed by atoms with Crippen LogP contribution in [0.1, 0.15) is 52.7 Å². The Morgan fingerprint density at radius 3 is 2.48 bits per heavy atom. The lowest BCUT2D eigenvalue weighted by Gasteiger charge is -2.28. The molecule has 1 aromatic carbocycles. The maximum atomic E-state index is 12.4. The number of aryl methyl sites for hydroxylation is 3. The maximum absolute atomic E-state index is 12.4. The zero-order valence-corrected chi connectivity index (χ0v) is 13.6. The molecule has 0 aliphatic heterocycles. The Hall–Kier alpha value is -1.19. The third kappa shape index (κ3) is 4.14. The molecule has 116 valence electrons. The number of hydrogen-bond acceptors (Lipinski definition) is 3. The lowest BCUT2D eigenvalue weighted by atomic mass is 9.94. The molecule has 0 amide bonds. The van der Waals surface area contributed by atoms with Crippen molar-refractivity contribution >= 4 is 5.78 Å². The summed E-state index contributed by atoms with van der Waals surface area (Å²) in [4.78, 5) is 12.4. The fourth-order valence-corrected chi connectivity index (χ4v) is 3.00. The Morgan fingerprint density at radius 1 is 1.10 bits per heavy atom. The maximum Gasteiger partial charge on any atom is 0.188 e. The molecule has 21 heavy (non-hydrogen) atoms. The topological polar surface area (TPSA) is 35.5 Å². The third-order valence-corrected chi connectivity index (χ3v) is 4.50. The van der Waals surface area contributed by atoms with Crippen molar-refractivity contribution in [1.29, 1.82) is 0 Å². The normalized spacial score (nSPS) is 22.3. The number of Topliss-reactive ketones (excluding diaryl/α,β-unsaturated/α-hetero) is 1. The highest BCUT2D eigenvalue weighted by atomic mass is 16.5. The summed E-state index contributed by atoms with van der Waals surface area (Å²) in [6.07, 6.45) is 4.57. The van der Waals surface area contributed by atoms with Gasteiger partial charge in [-0.1, -0.05) is 6.07 Å². The number of methoxy groups -OCH3 is 1. The first-order valence-corrected chi connectivity index (χ1v) is 7.76. The summed E-state index contributed by atoms with van der Waals surface area (Å²) in [5.41, 5.74) is 4.20.